The molecule has 0 unspecified atom stereocenters. The van der Waals surface area contributed by atoms with Gasteiger partial charge in [0, 0.05) is 26.0 Å². The fraction of sp³-hybridized carbons (Fsp3) is 0.412. The van der Waals surface area contributed by atoms with Crippen molar-refractivity contribution < 1.29 is 4.74 Å². The van der Waals surface area contributed by atoms with Crippen LogP contribution in [0.15, 0.2) is 28.6 Å². The van der Waals surface area contributed by atoms with Crippen molar-refractivity contribution in [1.29, 1.82) is 0 Å². The van der Waals surface area contributed by atoms with Gasteiger partial charge in [-0.1, -0.05) is 6.07 Å². The molecule has 0 aliphatic rings. The van der Waals surface area contributed by atoms with Gasteiger partial charge < -0.3 is 15.0 Å². The smallest absolute Gasteiger partial charge is 0.194 e. The Morgan fingerprint density at radius 1 is 1.35 bits per heavy atom. The van der Waals surface area contributed by atoms with Crippen molar-refractivity contribution in [2.75, 3.05) is 21.2 Å². The second-order valence-corrected chi connectivity index (χ2v) is 6.54. The summed E-state index contributed by atoms with van der Waals surface area (Å²) in [7, 11) is 5.50. The first-order chi connectivity index (χ1) is 11.0. The first-order valence-corrected chi connectivity index (χ1v) is 8.37. The quantitative estimate of drug-likeness (QED) is 0.675. The Balaban J connectivity index is 1.98. The maximum atomic E-state index is 5.32. The van der Waals surface area contributed by atoms with Crippen LogP contribution in [0.5, 0.6) is 5.75 Å². The Hall–Kier alpha value is -2.08. The number of hydrogen-bond donors (Lipinski definition) is 1. The molecule has 0 atom stereocenters. The van der Waals surface area contributed by atoms with E-state index in [1.165, 1.54) is 11.1 Å². The summed E-state index contributed by atoms with van der Waals surface area (Å²) in [5, 5.41) is 6.56. The van der Waals surface area contributed by atoms with Crippen molar-refractivity contribution >= 4 is 17.3 Å². The van der Waals surface area contributed by atoms with Crippen LogP contribution in [0.3, 0.4) is 0 Å². The number of guanidine groups is 1. The number of aliphatic imine (C=N–C) groups is 1. The number of methoxy groups -OCH3 is 1. The number of nitrogens with one attached hydrogen (secondary N) is 1. The Kier molecular flexibility index (Phi) is 5.98. The lowest BCUT2D eigenvalue weighted by molar-refractivity contribution is 0.413. The van der Waals surface area contributed by atoms with E-state index in [0.29, 0.717) is 6.54 Å². The highest BCUT2D eigenvalue weighted by Crippen LogP contribution is 2.16. The number of aromatic nitrogens is 1. The molecule has 6 heteroatoms. The molecule has 0 aliphatic carbocycles. The van der Waals surface area contributed by atoms with E-state index in [-0.39, 0.29) is 0 Å². The van der Waals surface area contributed by atoms with Crippen LogP contribution in [0.2, 0.25) is 0 Å². The normalized spacial score (nSPS) is 11.4. The Morgan fingerprint density at radius 2 is 2.13 bits per heavy atom. The fourth-order valence-electron chi connectivity index (χ4n) is 2.41. The predicted octanol–water partition coefficient (Wildman–Crippen LogP) is 2.98. The van der Waals surface area contributed by atoms with Gasteiger partial charge in [0.1, 0.15) is 5.75 Å². The van der Waals surface area contributed by atoms with E-state index in [4.69, 9.17) is 4.74 Å². The average molecular weight is 332 g/mol. The summed E-state index contributed by atoms with van der Waals surface area (Å²) in [6, 6.07) is 6.21. The molecule has 1 heterocycles. The first-order valence-electron chi connectivity index (χ1n) is 7.49. The van der Waals surface area contributed by atoms with E-state index in [9.17, 15) is 0 Å². The molecular weight excluding hydrogens is 308 g/mol. The summed E-state index contributed by atoms with van der Waals surface area (Å²) >= 11 is 1.67. The van der Waals surface area contributed by atoms with Crippen LogP contribution in [-0.2, 0) is 13.1 Å². The minimum Gasteiger partial charge on any atom is -0.497 e. The molecule has 0 fully saturated rings. The van der Waals surface area contributed by atoms with Gasteiger partial charge >= 0.3 is 0 Å². The van der Waals surface area contributed by atoms with E-state index in [2.05, 4.69) is 38.6 Å². The molecule has 1 aromatic heterocycles. The Labute approximate surface area is 142 Å². The van der Waals surface area contributed by atoms with E-state index in [1.807, 2.05) is 26.1 Å². The molecule has 2 rings (SSSR count). The Morgan fingerprint density at radius 3 is 2.74 bits per heavy atom. The zero-order valence-electron chi connectivity index (χ0n) is 14.4. The highest BCUT2D eigenvalue weighted by atomic mass is 32.1. The van der Waals surface area contributed by atoms with Gasteiger partial charge in [0.2, 0.25) is 0 Å². The van der Waals surface area contributed by atoms with Gasteiger partial charge in [-0.2, -0.15) is 0 Å². The van der Waals surface area contributed by atoms with Crippen molar-refractivity contribution in [3.63, 3.8) is 0 Å². The molecule has 0 aliphatic heterocycles. The molecule has 0 radical (unpaired) electrons. The number of ether oxygens (including phenoxy) is 1. The first kappa shape index (κ1) is 17.3. The third-order valence-electron chi connectivity index (χ3n) is 3.44. The van der Waals surface area contributed by atoms with Gasteiger partial charge in [-0.05, 0) is 37.1 Å². The summed E-state index contributed by atoms with van der Waals surface area (Å²) < 4.78 is 5.32. The lowest BCUT2D eigenvalue weighted by Gasteiger charge is -2.21. The van der Waals surface area contributed by atoms with Gasteiger partial charge in [0.05, 0.1) is 24.4 Å². The zero-order chi connectivity index (χ0) is 16.8. The molecule has 0 bridgehead atoms. The van der Waals surface area contributed by atoms with E-state index < -0.39 is 0 Å². The van der Waals surface area contributed by atoms with Crippen molar-refractivity contribution in [2.45, 2.75) is 26.9 Å². The van der Waals surface area contributed by atoms with Gasteiger partial charge in [0.15, 0.2) is 5.96 Å². The molecule has 124 valence electrons. The van der Waals surface area contributed by atoms with Gasteiger partial charge in [-0.15, -0.1) is 11.3 Å². The molecule has 23 heavy (non-hydrogen) atoms. The minimum atomic E-state index is 0.700. The number of thiazole rings is 1. The molecule has 1 N–H and O–H groups in total. The minimum absolute atomic E-state index is 0.700. The summed E-state index contributed by atoms with van der Waals surface area (Å²) in [5.74, 6) is 1.72. The van der Waals surface area contributed by atoms with Crippen LogP contribution in [0.1, 0.15) is 21.8 Å². The zero-order valence-corrected chi connectivity index (χ0v) is 15.2. The number of aryl methyl sites for hydroxylation is 2. The highest BCUT2D eigenvalue weighted by Gasteiger charge is 2.09. The summed E-state index contributed by atoms with van der Waals surface area (Å²) in [6.07, 6.45) is 0. The van der Waals surface area contributed by atoms with Crippen molar-refractivity contribution in [3.8, 4) is 5.75 Å². The van der Waals surface area contributed by atoms with Crippen LogP contribution >= 0.6 is 11.3 Å². The maximum absolute atomic E-state index is 5.32. The molecular formula is C17H24N4OS. The summed E-state index contributed by atoms with van der Waals surface area (Å²) in [5.41, 5.74) is 3.42. The van der Waals surface area contributed by atoms with Gasteiger partial charge in [-0.25, -0.2) is 4.98 Å². The molecule has 0 saturated heterocycles. The number of nitrogens with zero attached hydrogens (tertiary/aromatic N) is 3. The predicted molar refractivity (Wildman–Crippen MR) is 96.2 cm³/mol. The number of rotatable bonds is 5. The van der Waals surface area contributed by atoms with Crippen LogP contribution in [0.25, 0.3) is 0 Å². The third kappa shape index (κ3) is 4.96. The standard InChI is InChI=1S/C17H24N4OS/c1-12-6-14(8-16(7-12)22-5)9-19-17(18-3)21(4)10-15-11-23-13(2)20-15/h6-8,11H,9-10H2,1-5H3,(H,18,19). The van der Waals surface area contributed by atoms with Crippen LogP contribution in [0, 0.1) is 13.8 Å². The summed E-state index contributed by atoms with van der Waals surface area (Å²) in [4.78, 5) is 10.9. The average Bonchev–Trinajstić information content (AvgIpc) is 2.92. The second-order valence-electron chi connectivity index (χ2n) is 5.47. The largest absolute Gasteiger partial charge is 0.497 e. The van der Waals surface area contributed by atoms with Crippen LogP contribution in [0.4, 0.5) is 0 Å². The molecule has 0 spiro atoms. The topological polar surface area (TPSA) is 49.8 Å². The molecule has 0 amide bonds. The van der Waals surface area contributed by atoms with E-state index in [0.717, 1.165) is 29.0 Å². The van der Waals surface area contributed by atoms with Crippen LogP contribution in [-0.4, -0.2) is 37.0 Å². The van der Waals surface area contributed by atoms with E-state index in [1.54, 1.807) is 25.5 Å². The van der Waals surface area contributed by atoms with Crippen molar-refractivity contribution in [2.24, 2.45) is 4.99 Å². The van der Waals surface area contributed by atoms with Crippen LogP contribution < -0.4 is 10.1 Å². The SMILES string of the molecule is CN=C(NCc1cc(C)cc(OC)c1)N(C)Cc1csc(C)n1. The lowest BCUT2D eigenvalue weighted by Crippen LogP contribution is -2.38. The highest BCUT2D eigenvalue weighted by molar-refractivity contribution is 7.09. The number of benzene rings is 1. The van der Waals surface area contributed by atoms with Gasteiger partial charge in [0.25, 0.3) is 0 Å². The van der Waals surface area contributed by atoms with Crippen molar-refractivity contribution in [1.82, 2.24) is 15.2 Å². The molecule has 2 aromatic rings. The molecule has 1 aromatic carbocycles. The fourth-order valence-corrected chi connectivity index (χ4v) is 3.01. The van der Waals surface area contributed by atoms with Gasteiger partial charge in [-0.3, -0.25) is 4.99 Å². The monoisotopic (exact) mass is 332 g/mol. The second kappa shape index (κ2) is 7.97. The molecule has 5 nitrogen and oxygen atoms in total. The molecule has 0 saturated carbocycles. The number of hydrogen-bond acceptors (Lipinski definition) is 4. The lowest BCUT2D eigenvalue weighted by atomic mass is 10.1. The van der Waals surface area contributed by atoms with E-state index >= 15 is 0 Å². The maximum Gasteiger partial charge on any atom is 0.194 e. The third-order valence-corrected chi connectivity index (χ3v) is 4.26. The summed E-state index contributed by atoms with van der Waals surface area (Å²) in [6.45, 7) is 5.52. The van der Waals surface area contributed by atoms with Crippen molar-refractivity contribution in [3.05, 3.63) is 45.4 Å². The Bertz CT molecular complexity index is 681.